The van der Waals surface area contributed by atoms with Gasteiger partial charge in [-0.1, -0.05) is 11.6 Å². The summed E-state index contributed by atoms with van der Waals surface area (Å²) in [6.45, 7) is 3.08. The normalized spacial score (nSPS) is 10.5. The lowest BCUT2D eigenvalue weighted by Crippen LogP contribution is -2.08. The average molecular weight is 252 g/mol. The lowest BCUT2D eigenvalue weighted by atomic mass is 10.3. The van der Waals surface area contributed by atoms with Gasteiger partial charge in [0.1, 0.15) is 12.4 Å². The summed E-state index contributed by atoms with van der Waals surface area (Å²) in [7, 11) is 0. The molecule has 0 aliphatic carbocycles. The quantitative estimate of drug-likeness (QED) is 0.850. The molecule has 0 radical (unpaired) electrons. The van der Waals surface area contributed by atoms with Gasteiger partial charge in [-0.25, -0.2) is 0 Å². The molecule has 0 aliphatic heterocycles. The first-order chi connectivity index (χ1) is 8.15. The molecule has 0 amide bonds. The van der Waals surface area contributed by atoms with Crippen LogP contribution in [0.25, 0.3) is 0 Å². The van der Waals surface area contributed by atoms with E-state index in [4.69, 9.17) is 22.1 Å². The summed E-state index contributed by atoms with van der Waals surface area (Å²) in [6.07, 6.45) is 1.79. The van der Waals surface area contributed by atoms with E-state index >= 15 is 0 Å². The number of anilines is 1. The maximum atomic E-state index is 5.90. The molecule has 4 nitrogen and oxygen atoms in total. The van der Waals surface area contributed by atoms with Crippen molar-refractivity contribution in [3.05, 3.63) is 41.2 Å². The molecule has 0 atom stereocenters. The highest BCUT2D eigenvalue weighted by Gasteiger charge is 2.01. The molecule has 0 aliphatic rings. The van der Waals surface area contributed by atoms with E-state index in [2.05, 4.69) is 5.10 Å². The number of ether oxygens (including phenoxy) is 1. The summed E-state index contributed by atoms with van der Waals surface area (Å²) < 4.78 is 7.33. The summed E-state index contributed by atoms with van der Waals surface area (Å²) in [5, 5.41) is 4.92. The minimum atomic E-state index is 0.543. The zero-order valence-corrected chi connectivity index (χ0v) is 10.3. The highest BCUT2D eigenvalue weighted by Crippen LogP contribution is 2.14. The SMILES string of the molecule is Cc1nn(CCOc2ccc(N)cc2)cc1Cl. The van der Waals surface area contributed by atoms with Gasteiger partial charge in [0, 0.05) is 11.9 Å². The summed E-state index contributed by atoms with van der Waals surface area (Å²) in [5.74, 6) is 0.800. The van der Waals surface area contributed by atoms with Gasteiger partial charge in [-0.3, -0.25) is 4.68 Å². The predicted octanol–water partition coefficient (Wildman–Crippen LogP) is 2.51. The molecule has 0 unspecified atom stereocenters. The molecule has 17 heavy (non-hydrogen) atoms. The van der Waals surface area contributed by atoms with Crippen LogP contribution in [0, 0.1) is 6.92 Å². The lowest BCUT2D eigenvalue weighted by Gasteiger charge is -2.06. The number of aryl methyl sites for hydroxylation is 1. The monoisotopic (exact) mass is 251 g/mol. The Balaban J connectivity index is 1.85. The van der Waals surface area contributed by atoms with Gasteiger partial charge in [0.25, 0.3) is 0 Å². The van der Waals surface area contributed by atoms with E-state index in [1.807, 2.05) is 31.2 Å². The fourth-order valence-corrected chi connectivity index (χ4v) is 1.58. The van der Waals surface area contributed by atoms with Crippen LogP contribution in [0.3, 0.4) is 0 Å². The van der Waals surface area contributed by atoms with E-state index in [0.717, 1.165) is 17.1 Å². The number of halogens is 1. The van der Waals surface area contributed by atoms with Crippen molar-refractivity contribution in [2.45, 2.75) is 13.5 Å². The third kappa shape index (κ3) is 3.14. The van der Waals surface area contributed by atoms with Gasteiger partial charge in [-0.2, -0.15) is 5.10 Å². The number of nitrogens with two attached hydrogens (primary N) is 1. The Labute approximate surface area is 105 Å². The highest BCUT2D eigenvalue weighted by molar-refractivity contribution is 6.31. The maximum absolute atomic E-state index is 5.90. The van der Waals surface area contributed by atoms with Crippen molar-refractivity contribution in [2.75, 3.05) is 12.3 Å². The van der Waals surface area contributed by atoms with Gasteiger partial charge in [-0.15, -0.1) is 0 Å². The van der Waals surface area contributed by atoms with Crippen molar-refractivity contribution in [2.24, 2.45) is 0 Å². The molecule has 2 N–H and O–H groups in total. The second kappa shape index (κ2) is 5.10. The van der Waals surface area contributed by atoms with E-state index in [-0.39, 0.29) is 0 Å². The van der Waals surface area contributed by atoms with Crippen LogP contribution in [0.1, 0.15) is 5.69 Å². The number of rotatable bonds is 4. The first-order valence-electron chi connectivity index (χ1n) is 5.33. The van der Waals surface area contributed by atoms with Crippen molar-refractivity contribution < 1.29 is 4.74 Å². The molecule has 1 aromatic heterocycles. The number of benzene rings is 1. The lowest BCUT2D eigenvalue weighted by molar-refractivity contribution is 0.291. The van der Waals surface area contributed by atoms with Crippen molar-refractivity contribution in [1.82, 2.24) is 9.78 Å². The molecule has 0 saturated carbocycles. The molecule has 0 bridgehead atoms. The Morgan fingerprint density at radius 1 is 1.35 bits per heavy atom. The molecule has 90 valence electrons. The predicted molar refractivity (Wildman–Crippen MR) is 68.3 cm³/mol. The number of hydrogen-bond acceptors (Lipinski definition) is 3. The molecule has 0 saturated heterocycles. The topological polar surface area (TPSA) is 53.1 Å². The number of hydrogen-bond donors (Lipinski definition) is 1. The largest absolute Gasteiger partial charge is 0.492 e. The first-order valence-corrected chi connectivity index (χ1v) is 5.71. The molecular formula is C12H14ClN3O. The summed E-state index contributed by atoms with van der Waals surface area (Å²) in [4.78, 5) is 0. The van der Waals surface area contributed by atoms with Crippen molar-refractivity contribution in [3.8, 4) is 5.75 Å². The van der Waals surface area contributed by atoms with Crippen LogP contribution in [-0.4, -0.2) is 16.4 Å². The van der Waals surface area contributed by atoms with Crippen LogP contribution in [0.15, 0.2) is 30.5 Å². The fraction of sp³-hybridized carbons (Fsp3) is 0.250. The summed E-state index contributed by atoms with van der Waals surface area (Å²) in [6, 6.07) is 7.31. The van der Waals surface area contributed by atoms with Gasteiger partial charge in [0.15, 0.2) is 0 Å². The Morgan fingerprint density at radius 2 is 2.06 bits per heavy atom. The van der Waals surface area contributed by atoms with Gasteiger partial charge in [0.05, 0.1) is 17.3 Å². The molecular weight excluding hydrogens is 238 g/mol. The van der Waals surface area contributed by atoms with Crippen LogP contribution < -0.4 is 10.5 Å². The van der Waals surface area contributed by atoms with E-state index in [1.54, 1.807) is 10.9 Å². The van der Waals surface area contributed by atoms with Crippen molar-refractivity contribution in [1.29, 1.82) is 0 Å². The zero-order valence-electron chi connectivity index (χ0n) is 9.56. The number of nitrogens with zero attached hydrogens (tertiary/aromatic N) is 2. The van der Waals surface area contributed by atoms with Crippen LogP contribution in [0.2, 0.25) is 5.02 Å². The zero-order chi connectivity index (χ0) is 12.3. The van der Waals surface area contributed by atoms with Crippen LogP contribution in [0.4, 0.5) is 5.69 Å². The smallest absolute Gasteiger partial charge is 0.119 e. The summed E-state index contributed by atoms with van der Waals surface area (Å²) >= 11 is 5.90. The standard InChI is InChI=1S/C12H14ClN3O/c1-9-12(13)8-16(15-9)6-7-17-11-4-2-10(14)3-5-11/h2-5,8H,6-7,14H2,1H3. The second-order valence-electron chi connectivity index (χ2n) is 3.74. The molecule has 1 heterocycles. The maximum Gasteiger partial charge on any atom is 0.119 e. The van der Waals surface area contributed by atoms with Crippen LogP contribution in [-0.2, 0) is 6.54 Å². The van der Waals surface area contributed by atoms with Crippen LogP contribution in [0.5, 0.6) is 5.75 Å². The molecule has 5 heteroatoms. The van der Waals surface area contributed by atoms with E-state index in [0.29, 0.717) is 18.2 Å². The van der Waals surface area contributed by atoms with E-state index in [9.17, 15) is 0 Å². The fourth-order valence-electron chi connectivity index (χ4n) is 1.43. The molecule has 2 aromatic rings. The highest BCUT2D eigenvalue weighted by atomic mass is 35.5. The number of aromatic nitrogens is 2. The van der Waals surface area contributed by atoms with Crippen molar-refractivity contribution >= 4 is 17.3 Å². The minimum Gasteiger partial charge on any atom is -0.492 e. The molecule has 0 spiro atoms. The second-order valence-corrected chi connectivity index (χ2v) is 4.15. The Morgan fingerprint density at radius 3 is 2.65 bits per heavy atom. The van der Waals surface area contributed by atoms with E-state index < -0.39 is 0 Å². The van der Waals surface area contributed by atoms with E-state index in [1.165, 1.54) is 0 Å². The van der Waals surface area contributed by atoms with Crippen LogP contribution >= 0.6 is 11.6 Å². The third-order valence-electron chi connectivity index (χ3n) is 2.36. The van der Waals surface area contributed by atoms with Gasteiger partial charge < -0.3 is 10.5 Å². The summed E-state index contributed by atoms with van der Waals surface area (Å²) in [5.41, 5.74) is 7.14. The first kappa shape index (κ1) is 11.8. The number of nitrogen functional groups attached to an aromatic ring is 1. The molecule has 0 fully saturated rings. The molecule has 2 rings (SSSR count). The van der Waals surface area contributed by atoms with Crippen molar-refractivity contribution in [3.63, 3.8) is 0 Å². The van der Waals surface area contributed by atoms with Gasteiger partial charge in [-0.05, 0) is 31.2 Å². The molecule has 1 aromatic carbocycles. The van der Waals surface area contributed by atoms with Gasteiger partial charge in [0.2, 0.25) is 0 Å². The Kier molecular flexibility index (Phi) is 3.54. The average Bonchev–Trinajstić information content (AvgIpc) is 2.61. The van der Waals surface area contributed by atoms with Gasteiger partial charge >= 0.3 is 0 Å². The Bertz CT molecular complexity index is 473. The third-order valence-corrected chi connectivity index (χ3v) is 2.73. The Hall–Kier alpha value is -1.68. The minimum absolute atomic E-state index is 0.543.